The van der Waals surface area contributed by atoms with Crippen molar-refractivity contribution in [2.24, 2.45) is 10.7 Å². The smallest absolute Gasteiger partial charge is 0.406 e. The van der Waals surface area contributed by atoms with E-state index >= 15 is 0 Å². The fraction of sp³-hybridized carbons (Fsp3) is 0.429. The zero-order valence-corrected chi connectivity index (χ0v) is 17.4. The molecule has 3 N–H and O–H groups in total. The lowest BCUT2D eigenvalue weighted by atomic mass is 10.2. The van der Waals surface area contributed by atoms with E-state index < -0.39 is 6.36 Å². The van der Waals surface area contributed by atoms with E-state index in [2.05, 4.69) is 36.8 Å². The second kappa shape index (κ2) is 10.3. The van der Waals surface area contributed by atoms with Crippen LogP contribution in [-0.2, 0) is 13.1 Å². The lowest BCUT2D eigenvalue weighted by Gasteiger charge is -2.34. The maximum absolute atomic E-state index is 12.2. The highest BCUT2D eigenvalue weighted by atomic mass is 19.4. The van der Waals surface area contributed by atoms with Crippen LogP contribution < -0.4 is 20.7 Å². The summed E-state index contributed by atoms with van der Waals surface area (Å²) in [5.74, 6) is 0.948. The summed E-state index contributed by atoms with van der Waals surface area (Å²) in [5, 5.41) is 2.94. The van der Waals surface area contributed by atoms with Gasteiger partial charge in [-0.25, -0.2) is 9.98 Å². The summed E-state index contributed by atoms with van der Waals surface area (Å²) >= 11 is 0. The van der Waals surface area contributed by atoms with Crippen molar-refractivity contribution in [2.75, 3.05) is 37.6 Å². The molecule has 1 aromatic carbocycles. The van der Waals surface area contributed by atoms with Crippen molar-refractivity contribution >= 4 is 11.8 Å². The summed E-state index contributed by atoms with van der Waals surface area (Å²) in [5.41, 5.74) is 7.58. The first-order chi connectivity index (χ1) is 14.8. The van der Waals surface area contributed by atoms with E-state index in [1.165, 1.54) is 24.3 Å². The Morgan fingerprint density at radius 3 is 2.35 bits per heavy atom. The monoisotopic (exact) mass is 436 g/mol. The fourth-order valence-corrected chi connectivity index (χ4v) is 3.22. The summed E-state index contributed by atoms with van der Waals surface area (Å²) in [6.07, 6.45) is -2.90. The Balaban J connectivity index is 1.45. The number of benzene rings is 1. The molecule has 1 fully saturated rings. The lowest BCUT2D eigenvalue weighted by molar-refractivity contribution is -0.274. The van der Waals surface area contributed by atoms with Crippen molar-refractivity contribution in [1.82, 2.24) is 15.2 Å². The maximum atomic E-state index is 12.2. The van der Waals surface area contributed by atoms with Crippen LogP contribution in [0.3, 0.4) is 0 Å². The molecular formula is C21H27F3N6O. The molecule has 31 heavy (non-hydrogen) atoms. The second-order valence-electron chi connectivity index (χ2n) is 7.19. The number of guanidine groups is 1. The normalized spacial score (nSPS) is 15.7. The number of aliphatic imine (C=N–C) groups is 1. The van der Waals surface area contributed by atoms with Gasteiger partial charge in [0.05, 0.1) is 6.54 Å². The van der Waals surface area contributed by atoms with Gasteiger partial charge >= 0.3 is 6.36 Å². The molecule has 0 radical (unpaired) electrons. The van der Waals surface area contributed by atoms with E-state index in [-0.39, 0.29) is 11.7 Å². The van der Waals surface area contributed by atoms with Gasteiger partial charge in [-0.2, -0.15) is 0 Å². The number of nitrogens with two attached hydrogens (primary N) is 1. The lowest BCUT2D eigenvalue weighted by Crippen LogP contribution is -2.46. The van der Waals surface area contributed by atoms with Gasteiger partial charge in [0.2, 0.25) is 0 Å². The predicted molar refractivity (Wildman–Crippen MR) is 114 cm³/mol. The second-order valence-corrected chi connectivity index (χ2v) is 7.19. The zero-order chi connectivity index (χ0) is 22.3. The molecule has 0 atom stereocenters. The molecule has 1 saturated heterocycles. The number of rotatable bonds is 7. The SMILES string of the molecule is CCN1CCN(c2ccc(CN=C(N)NCc3ccc(OC(F)(F)F)cc3)cn2)CC1. The number of ether oxygens (including phenoxy) is 1. The van der Waals surface area contributed by atoms with E-state index in [1.807, 2.05) is 12.1 Å². The van der Waals surface area contributed by atoms with Crippen LogP contribution in [0, 0.1) is 0 Å². The van der Waals surface area contributed by atoms with Crippen LogP contribution in [-0.4, -0.2) is 54.9 Å². The molecule has 0 bridgehead atoms. The Morgan fingerprint density at radius 1 is 1.10 bits per heavy atom. The minimum Gasteiger partial charge on any atom is -0.406 e. The number of piperazine rings is 1. The number of pyridine rings is 1. The fourth-order valence-electron chi connectivity index (χ4n) is 3.22. The zero-order valence-electron chi connectivity index (χ0n) is 17.4. The average Bonchev–Trinajstić information content (AvgIpc) is 2.76. The molecule has 1 aromatic heterocycles. The Bertz CT molecular complexity index is 847. The molecule has 0 saturated carbocycles. The highest BCUT2D eigenvalue weighted by molar-refractivity contribution is 5.77. The number of alkyl halides is 3. The quantitative estimate of drug-likeness (QED) is 0.513. The Morgan fingerprint density at radius 2 is 1.77 bits per heavy atom. The summed E-state index contributed by atoms with van der Waals surface area (Å²) in [6, 6.07) is 9.57. The van der Waals surface area contributed by atoms with Crippen LogP contribution in [0.25, 0.3) is 0 Å². The van der Waals surface area contributed by atoms with Crippen LogP contribution in [0.5, 0.6) is 5.75 Å². The first-order valence-electron chi connectivity index (χ1n) is 10.1. The first kappa shape index (κ1) is 22.7. The number of aromatic nitrogens is 1. The van der Waals surface area contributed by atoms with Gasteiger partial charge in [-0.05, 0) is 35.9 Å². The molecule has 2 heterocycles. The number of likely N-dealkylation sites (N-methyl/N-ethyl adjacent to an activating group) is 1. The third kappa shape index (κ3) is 7.32. The van der Waals surface area contributed by atoms with E-state index in [1.54, 1.807) is 6.20 Å². The third-order valence-corrected chi connectivity index (χ3v) is 5.02. The topological polar surface area (TPSA) is 79.0 Å². The summed E-state index contributed by atoms with van der Waals surface area (Å²) in [4.78, 5) is 13.5. The molecule has 1 aliphatic rings. The number of halogens is 3. The number of nitrogens with zero attached hydrogens (tertiary/aromatic N) is 4. The Kier molecular flexibility index (Phi) is 7.56. The molecule has 0 aliphatic carbocycles. The van der Waals surface area contributed by atoms with Gasteiger partial charge in [-0.1, -0.05) is 25.1 Å². The molecule has 3 rings (SSSR count). The van der Waals surface area contributed by atoms with E-state index in [4.69, 9.17) is 5.73 Å². The standard InChI is InChI=1S/C21H27F3N6O/c1-2-29-9-11-30(12-10-29)19-8-5-17(14-26-19)15-28-20(25)27-13-16-3-6-18(7-4-16)31-21(22,23)24/h3-8,14H,2,9-13,15H2,1H3,(H3,25,27,28). The van der Waals surface area contributed by atoms with Gasteiger partial charge in [-0.15, -0.1) is 13.2 Å². The molecule has 168 valence electrons. The van der Waals surface area contributed by atoms with E-state index in [0.717, 1.165) is 49.7 Å². The molecule has 10 heteroatoms. The van der Waals surface area contributed by atoms with Crippen LogP contribution in [0.15, 0.2) is 47.6 Å². The minimum absolute atomic E-state index is 0.246. The molecule has 1 aliphatic heterocycles. The van der Waals surface area contributed by atoms with Gasteiger partial charge in [-0.3, -0.25) is 0 Å². The highest BCUT2D eigenvalue weighted by Crippen LogP contribution is 2.22. The Labute approximate surface area is 179 Å². The number of nitrogens with one attached hydrogen (secondary N) is 1. The average molecular weight is 436 g/mol. The van der Waals surface area contributed by atoms with Crippen molar-refractivity contribution in [3.05, 3.63) is 53.7 Å². The predicted octanol–water partition coefficient (Wildman–Crippen LogP) is 2.73. The number of hydrogen-bond donors (Lipinski definition) is 2. The number of hydrogen-bond acceptors (Lipinski definition) is 5. The van der Waals surface area contributed by atoms with Crippen LogP contribution in [0.1, 0.15) is 18.1 Å². The molecular weight excluding hydrogens is 409 g/mol. The summed E-state index contributed by atoms with van der Waals surface area (Å²) in [7, 11) is 0. The Hall–Kier alpha value is -3.01. The largest absolute Gasteiger partial charge is 0.573 e. The maximum Gasteiger partial charge on any atom is 0.573 e. The molecule has 0 amide bonds. The van der Waals surface area contributed by atoms with Gasteiger partial charge in [0, 0.05) is 38.9 Å². The van der Waals surface area contributed by atoms with Gasteiger partial charge in [0.15, 0.2) is 5.96 Å². The van der Waals surface area contributed by atoms with Crippen molar-refractivity contribution in [3.63, 3.8) is 0 Å². The highest BCUT2D eigenvalue weighted by Gasteiger charge is 2.30. The molecule has 2 aromatic rings. The van der Waals surface area contributed by atoms with Gasteiger partial charge < -0.3 is 25.6 Å². The molecule has 0 unspecified atom stereocenters. The van der Waals surface area contributed by atoms with Crippen molar-refractivity contribution in [2.45, 2.75) is 26.4 Å². The molecule has 7 nitrogen and oxygen atoms in total. The first-order valence-corrected chi connectivity index (χ1v) is 10.1. The van der Waals surface area contributed by atoms with Crippen LogP contribution in [0.4, 0.5) is 19.0 Å². The van der Waals surface area contributed by atoms with Gasteiger partial charge in [0.1, 0.15) is 11.6 Å². The van der Waals surface area contributed by atoms with Crippen molar-refractivity contribution < 1.29 is 17.9 Å². The van der Waals surface area contributed by atoms with E-state index in [0.29, 0.717) is 13.1 Å². The summed E-state index contributed by atoms with van der Waals surface area (Å²) in [6.45, 7) is 8.00. The molecule has 0 spiro atoms. The van der Waals surface area contributed by atoms with Crippen molar-refractivity contribution in [1.29, 1.82) is 0 Å². The van der Waals surface area contributed by atoms with Crippen LogP contribution in [0.2, 0.25) is 0 Å². The third-order valence-electron chi connectivity index (χ3n) is 5.02. The summed E-state index contributed by atoms with van der Waals surface area (Å²) < 4.78 is 40.4. The van der Waals surface area contributed by atoms with Crippen LogP contribution >= 0.6 is 0 Å². The number of anilines is 1. The van der Waals surface area contributed by atoms with E-state index in [9.17, 15) is 13.2 Å². The minimum atomic E-state index is -4.70. The van der Waals surface area contributed by atoms with Crippen molar-refractivity contribution in [3.8, 4) is 5.75 Å². The van der Waals surface area contributed by atoms with Gasteiger partial charge in [0.25, 0.3) is 0 Å².